The van der Waals surface area contributed by atoms with E-state index in [1.54, 1.807) is 65.1 Å². The summed E-state index contributed by atoms with van der Waals surface area (Å²) in [5.41, 5.74) is 2.62. The van der Waals surface area contributed by atoms with Gasteiger partial charge in [0.1, 0.15) is 17.9 Å². The number of benzene rings is 2. The molecule has 33 heavy (non-hydrogen) atoms. The van der Waals surface area contributed by atoms with Crippen LogP contribution in [0.15, 0.2) is 67.1 Å². The summed E-state index contributed by atoms with van der Waals surface area (Å²) in [5, 5.41) is 13.2. The van der Waals surface area contributed by atoms with Crippen molar-refractivity contribution in [3.05, 3.63) is 83.4 Å². The van der Waals surface area contributed by atoms with Crippen LogP contribution in [0.5, 0.6) is 5.75 Å². The van der Waals surface area contributed by atoms with Crippen LogP contribution in [0, 0.1) is 6.92 Å². The van der Waals surface area contributed by atoms with Crippen molar-refractivity contribution in [1.29, 1.82) is 0 Å². The molecular weight excluding hydrogens is 442 g/mol. The number of nitrogens with one attached hydrogen (secondary N) is 1. The number of nitrogens with zero attached hydrogens (tertiary/aromatic N) is 6. The molecule has 0 bridgehead atoms. The molecule has 2 aromatic carbocycles. The minimum atomic E-state index is -0.277. The Morgan fingerprint density at radius 1 is 1.03 bits per heavy atom. The van der Waals surface area contributed by atoms with Crippen molar-refractivity contribution < 1.29 is 9.53 Å². The van der Waals surface area contributed by atoms with E-state index in [1.165, 1.54) is 6.33 Å². The quantitative estimate of drug-likeness (QED) is 0.422. The Morgan fingerprint density at radius 2 is 1.79 bits per heavy atom. The van der Waals surface area contributed by atoms with Crippen molar-refractivity contribution in [1.82, 2.24) is 29.5 Å². The number of carbonyl (C=O) groups excluding carboxylic acids is 1. The Hall–Kier alpha value is -4.24. The van der Waals surface area contributed by atoms with E-state index in [0.29, 0.717) is 39.0 Å². The van der Waals surface area contributed by atoms with Gasteiger partial charge in [-0.15, -0.1) is 0 Å². The number of carbonyl (C=O) groups is 1. The van der Waals surface area contributed by atoms with E-state index >= 15 is 0 Å². The average molecular weight is 460 g/mol. The van der Waals surface area contributed by atoms with Crippen LogP contribution in [-0.4, -0.2) is 42.5 Å². The molecule has 0 aliphatic heterocycles. The highest BCUT2D eigenvalue weighted by molar-refractivity contribution is 6.30. The monoisotopic (exact) mass is 459 g/mol. The van der Waals surface area contributed by atoms with Crippen LogP contribution in [0.25, 0.3) is 22.5 Å². The Kier molecular flexibility index (Phi) is 5.23. The third-order valence-corrected chi connectivity index (χ3v) is 5.29. The molecule has 3 aromatic heterocycles. The molecule has 0 aliphatic rings. The number of halogens is 1. The van der Waals surface area contributed by atoms with Crippen molar-refractivity contribution in [3.8, 4) is 17.3 Å². The van der Waals surface area contributed by atoms with Crippen molar-refractivity contribution in [2.45, 2.75) is 6.92 Å². The molecule has 0 saturated heterocycles. The lowest BCUT2D eigenvalue weighted by Gasteiger charge is -2.09. The maximum Gasteiger partial charge on any atom is 0.256 e. The highest BCUT2D eigenvalue weighted by Gasteiger charge is 2.18. The van der Waals surface area contributed by atoms with E-state index in [4.69, 9.17) is 16.3 Å². The fraction of sp³-hybridized carbons (Fsp3) is 0.0870. The van der Waals surface area contributed by atoms with Gasteiger partial charge in [0.25, 0.3) is 5.91 Å². The molecule has 1 amide bonds. The van der Waals surface area contributed by atoms with Gasteiger partial charge >= 0.3 is 0 Å². The topological polar surface area (TPSA) is 99.8 Å². The Labute approximate surface area is 193 Å². The van der Waals surface area contributed by atoms with Gasteiger partial charge in [0.2, 0.25) is 0 Å². The molecule has 9 nitrogen and oxygen atoms in total. The minimum Gasteiger partial charge on any atom is -0.497 e. The van der Waals surface area contributed by atoms with Gasteiger partial charge in [0.05, 0.1) is 30.1 Å². The zero-order valence-corrected chi connectivity index (χ0v) is 18.5. The van der Waals surface area contributed by atoms with Gasteiger partial charge in [0.15, 0.2) is 11.5 Å². The molecule has 1 N–H and O–H groups in total. The molecule has 0 spiro atoms. The highest BCUT2D eigenvalue weighted by Crippen LogP contribution is 2.25. The summed E-state index contributed by atoms with van der Waals surface area (Å²) in [6, 6.07) is 15.9. The number of anilines is 1. The first kappa shape index (κ1) is 20.7. The molecule has 0 atom stereocenters. The lowest BCUT2D eigenvalue weighted by molar-refractivity contribution is 0.102. The number of rotatable bonds is 5. The van der Waals surface area contributed by atoms with Gasteiger partial charge in [-0.05, 0) is 55.5 Å². The van der Waals surface area contributed by atoms with E-state index in [1.807, 2.05) is 19.1 Å². The number of hydrogen-bond acceptors (Lipinski definition) is 6. The summed E-state index contributed by atoms with van der Waals surface area (Å²) in [4.78, 5) is 21.7. The molecule has 3 heterocycles. The van der Waals surface area contributed by atoms with Gasteiger partial charge in [0, 0.05) is 16.7 Å². The molecule has 5 aromatic rings. The third-order valence-electron chi connectivity index (χ3n) is 5.04. The highest BCUT2D eigenvalue weighted by atomic mass is 35.5. The van der Waals surface area contributed by atoms with Gasteiger partial charge in [-0.2, -0.15) is 14.9 Å². The molecule has 0 unspecified atom stereocenters. The molecule has 0 aliphatic carbocycles. The molecule has 0 fully saturated rings. The van der Waals surface area contributed by atoms with Gasteiger partial charge in [-0.3, -0.25) is 4.79 Å². The first-order valence-electron chi connectivity index (χ1n) is 10.0. The molecule has 10 heteroatoms. The molecular formula is C23H18ClN7O2. The van der Waals surface area contributed by atoms with E-state index < -0.39 is 0 Å². The van der Waals surface area contributed by atoms with E-state index in [2.05, 4.69) is 25.5 Å². The van der Waals surface area contributed by atoms with Crippen LogP contribution in [0.1, 0.15) is 16.1 Å². The summed E-state index contributed by atoms with van der Waals surface area (Å²) in [5.74, 6) is 1.38. The first-order chi connectivity index (χ1) is 16.0. The van der Waals surface area contributed by atoms with Crippen LogP contribution in [0.2, 0.25) is 5.02 Å². The zero-order valence-electron chi connectivity index (χ0n) is 17.7. The Morgan fingerprint density at radius 3 is 2.52 bits per heavy atom. The number of methoxy groups -OCH3 is 1. The molecule has 164 valence electrons. The van der Waals surface area contributed by atoms with E-state index in [-0.39, 0.29) is 5.91 Å². The Bertz CT molecular complexity index is 1460. The number of aryl methyl sites for hydroxylation is 1. The zero-order chi connectivity index (χ0) is 22.9. The van der Waals surface area contributed by atoms with Gasteiger partial charge in [-0.25, -0.2) is 14.6 Å². The van der Waals surface area contributed by atoms with Crippen LogP contribution in [0.4, 0.5) is 5.82 Å². The van der Waals surface area contributed by atoms with Gasteiger partial charge in [-0.1, -0.05) is 11.6 Å². The second kappa shape index (κ2) is 8.36. The second-order valence-electron chi connectivity index (χ2n) is 7.23. The fourth-order valence-corrected chi connectivity index (χ4v) is 3.58. The summed E-state index contributed by atoms with van der Waals surface area (Å²) >= 11 is 6.01. The average Bonchev–Trinajstić information content (AvgIpc) is 3.43. The maximum atomic E-state index is 12.8. The van der Waals surface area contributed by atoms with Crippen molar-refractivity contribution in [2.24, 2.45) is 0 Å². The predicted molar refractivity (Wildman–Crippen MR) is 124 cm³/mol. The summed E-state index contributed by atoms with van der Waals surface area (Å²) < 4.78 is 8.43. The number of ether oxygens (including phenoxy) is 1. The number of amides is 1. The fourth-order valence-electron chi connectivity index (χ4n) is 3.45. The normalized spacial score (nSPS) is 11.0. The Balaban J connectivity index is 1.53. The van der Waals surface area contributed by atoms with Crippen LogP contribution < -0.4 is 10.1 Å². The molecule has 0 radical (unpaired) electrons. The SMILES string of the molecule is COc1ccc(C(=O)Nc2cc(C)nn2-c2ncnc3c2cnn3-c2ccc(Cl)cc2)cc1. The van der Waals surface area contributed by atoms with E-state index in [0.717, 1.165) is 11.4 Å². The van der Waals surface area contributed by atoms with Gasteiger partial charge < -0.3 is 10.1 Å². The minimum absolute atomic E-state index is 0.277. The van der Waals surface area contributed by atoms with E-state index in [9.17, 15) is 4.79 Å². The summed E-state index contributed by atoms with van der Waals surface area (Å²) in [6.45, 7) is 1.84. The van der Waals surface area contributed by atoms with Crippen molar-refractivity contribution in [2.75, 3.05) is 12.4 Å². The number of fused-ring (bicyclic) bond motifs is 1. The molecule has 5 rings (SSSR count). The van der Waals surface area contributed by atoms with Crippen molar-refractivity contribution >= 4 is 34.4 Å². The number of hydrogen-bond donors (Lipinski definition) is 1. The third kappa shape index (κ3) is 3.90. The lowest BCUT2D eigenvalue weighted by atomic mass is 10.2. The van der Waals surface area contributed by atoms with Crippen LogP contribution in [-0.2, 0) is 0 Å². The summed E-state index contributed by atoms with van der Waals surface area (Å²) in [7, 11) is 1.58. The predicted octanol–water partition coefficient (Wildman–Crippen LogP) is 4.22. The van der Waals surface area contributed by atoms with Crippen LogP contribution >= 0.6 is 11.6 Å². The summed E-state index contributed by atoms with van der Waals surface area (Å²) in [6.07, 6.45) is 3.11. The largest absolute Gasteiger partial charge is 0.497 e. The number of aromatic nitrogens is 6. The standard InChI is InChI=1S/C23H18ClN7O2/c1-14-11-20(28-23(32)15-3-9-18(33-2)10-4-15)31(29-14)22-19-12-27-30(21(19)25-13-26-22)17-7-5-16(24)6-8-17/h3-13H,1-2H3,(H,28,32). The maximum absolute atomic E-state index is 12.8. The second-order valence-corrected chi connectivity index (χ2v) is 7.67. The first-order valence-corrected chi connectivity index (χ1v) is 10.4. The van der Waals surface area contributed by atoms with Crippen LogP contribution in [0.3, 0.4) is 0 Å². The smallest absolute Gasteiger partial charge is 0.256 e. The molecule has 0 saturated carbocycles. The van der Waals surface area contributed by atoms with Crippen molar-refractivity contribution in [3.63, 3.8) is 0 Å². The lowest BCUT2D eigenvalue weighted by Crippen LogP contribution is -2.15.